The molecule has 1 amide bonds. The van der Waals surface area contributed by atoms with E-state index in [1.165, 1.54) is 0 Å². The van der Waals surface area contributed by atoms with E-state index in [1.807, 2.05) is 38.1 Å². The van der Waals surface area contributed by atoms with Gasteiger partial charge < -0.3 is 18.9 Å². The van der Waals surface area contributed by atoms with Crippen LogP contribution in [0.4, 0.5) is 0 Å². The van der Waals surface area contributed by atoms with Crippen LogP contribution in [-0.2, 0) is 4.74 Å². The van der Waals surface area contributed by atoms with Crippen LogP contribution in [0.3, 0.4) is 0 Å². The summed E-state index contributed by atoms with van der Waals surface area (Å²) in [6.45, 7) is 7.14. The van der Waals surface area contributed by atoms with Gasteiger partial charge in [-0.2, -0.15) is 0 Å². The maximum absolute atomic E-state index is 12.9. The highest BCUT2D eigenvalue weighted by atomic mass is 35.5. The van der Waals surface area contributed by atoms with Gasteiger partial charge in [-0.3, -0.25) is 9.69 Å². The van der Waals surface area contributed by atoms with E-state index < -0.39 is 0 Å². The molecule has 6 nitrogen and oxygen atoms in total. The normalized spacial score (nSPS) is 16.4. The third-order valence-electron chi connectivity index (χ3n) is 5.24. The second kappa shape index (κ2) is 7.99. The number of nitrogens with one attached hydrogen (secondary N) is 1. The number of aryl methyl sites for hydroxylation is 2. The van der Waals surface area contributed by atoms with E-state index in [4.69, 9.17) is 25.2 Å². The highest BCUT2D eigenvalue weighted by Gasteiger charge is 2.26. The summed E-state index contributed by atoms with van der Waals surface area (Å²) in [7, 11) is 0. The number of halogens is 1. The largest absolute Gasteiger partial charge is 0.468 e. The van der Waals surface area contributed by atoms with Gasteiger partial charge in [0, 0.05) is 35.6 Å². The van der Waals surface area contributed by atoms with Crippen LogP contribution in [0.15, 0.2) is 39.4 Å². The maximum atomic E-state index is 12.9. The SMILES string of the molecule is Cc1cc2oc(C(=O)NCC(c3ccco3)N3CCOCC3)c(C)c2cc1Cl. The summed E-state index contributed by atoms with van der Waals surface area (Å²) in [5.41, 5.74) is 2.37. The molecule has 4 rings (SSSR count). The molecule has 3 heterocycles. The topological polar surface area (TPSA) is 67.9 Å². The number of nitrogens with zero attached hydrogens (tertiary/aromatic N) is 1. The number of hydrogen-bond donors (Lipinski definition) is 1. The lowest BCUT2D eigenvalue weighted by molar-refractivity contribution is 0.0117. The molecular formula is C21H23ClN2O4. The minimum absolute atomic E-state index is 0.0516. The standard InChI is InChI=1S/C21H23ClN2O4/c1-13-10-19-15(11-16(13)22)14(2)20(28-19)21(25)23-12-17(18-4-3-7-27-18)24-5-8-26-9-6-24/h3-4,7,10-11,17H,5-6,8-9,12H2,1-2H3,(H,23,25). The monoisotopic (exact) mass is 402 g/mol. The molecule has 7 heteroatoms. The first kappa shape index (κ1) is 19.1. The van der Waals surface area contributed by atoms with E-state index in [0.29, 0.717) is 36.1 Å². The first-order chi connectivity index (χ1) is 13.5. The molecule has 2 aromatic heterocycles. The van der Waals surface area contributed by atoms with Crippen LogP contribution in [0, 0.1) is 13.8 Å². The van der Waals surface area contributed by atoms with Gasteiger partial charge in [-0.05, 0) is 43.7 Å². The Balaban J connectivity index is 1.53. The van der Waals surface area contributed by atoms with Crippen LogP contribution >= 0.6 is 11.6 Å². The summed E-state index contributed by atoms with van der Waals surface area (Å²) in [5, 5.41) is 4.53. The fraction of sp³-hybridized carbons (Fsp3) is 0.381. The number of ether oxygens (including phenoxy) is 1. The van der Waals surface area contributed by atoms with Gasteiger partial charge in [0.1, 0.15) is 11.3 Å². The number of furan rings is 2. The van der Waals surface area contributed by atoms with Crippen molar-refractivity contribution in [2.24, 2.45) is 0 Å². The van der Waals surface area contributed by atoms with Crippen molar-refractivity contribution >= 4 is 28.5 Å². The molecule has 1 aliphatic rings. The fourth-order valence-electron chi connectivity index (χ4n) is 3.61. The van der Waals surface area contributed by atoms with Gasteiger partial charge in [0.05, 0.1) is 25.5 Å². The van der Waals surface area contributed by atoms with Crippen LogP contribution in [0.1, 0.15) is 33.5 Å². The third kappa shape index (κ3) is 3.68. The number of hydrogen-bond acceptors (Lipinski definition) is 5. The van der Waals surface area contributed by atoms with Crippen molar-refractivity contribution < 1.29 is 18.4 Å². The van der Waals surface area contributed by atoms with E-state index in [1.54, 1.807) is 6.26 Å². The quantitative estimate of drug-likeness (QED) is 0.695. The summed E-state index contributed by atoms with van der Waals surface area (Å²) < 4.78 is 16.9. The highest BCUT2D eigenvalue weighted by Crippen LogP contribution is 2.30. The van der Waals surface area contributed by atoms with E-state index >= 15 is 0 Å². The van der Waals surface area contributed by atoms with Gasteiger partial charge in [-0.25, -0.2) is 0 Å². The lowest BCUT2D eigenvalue weighted by atomic mass is 10.1. The number of fused-ring (bicyclic) bond motifs is 1. The Kier molecular flexibility index (Phi) is 5.44. The second-order valence-corrected chi connectivity index (χ2v) is 7.45. The van der Waals surface area contributed by atoms with Crippen molar-refractivity contribution in [3.05, 3.63) is 58.2 Å². The van der Waals surface area contributed by atoms with E-state index in [9.17, 15) is 4.79 Å². The molecule has 0 spiro atoms. The van der Waals surface area contributed by atoms with Crippen LogP contribution in [0.5, 0.6) is 0 Å². The molecule has 1 saturated heterocycles. The zero-order chi connectivity index (χ0) is 19.7. The van der Waals surface area contributed by atoms with Crippen LogP contribution in [-0.4, -0.2) is 43.7 Å². The fourth-order valence-corrected chi connectivity index (χ4v) is 3.77. The molecule has 0 radical (unpaired) electrons. The van der Waals surface area contributed by atoms with Crippen molar-refractivity contribution in [3.8, 4) is 0 Å². The van der Waals surface area contributed by atoms with E-state index in [2.05, 4.69) is 10.2 Å². The Hall–Kier alpha value is -2.28. The number of morpholine rings is 1. The van der Waals surface area contributed by atoms with Crippen molar-refractivity contribution in [1.82, 2.24) is 10.2 Å². The number of carbonyl (C=O) groups is 1. The average Bonchev–Trinajstić information content (AvgIpc) is 3.33. The van der Waals surface area contributed by atoms with Crippen molar-refractivity contribution in [2.45, 2.75) is 19.9 Å². The maximum Gasteiger partial charge on any atom is 0.287 e. The molecule has 1 aromatic carbocycles. The Morgan fingerprint density at radius 3 is 2.79 bits per heavy atom. The van der Waals surface area contributed by atoms with Crippen LogP contribution < -0.4 is 5.32 Å². The van der Waals surface area contributed by atoms with Gasteiger partial charge in [0.25, 0.3) is 5.91 Å². The molecule has 0 bridgehead atoms. The Morgan fingerprint density at radius 1 is 1.29 bits per heavy atom. The first-order valence-electron chi connectivity index (χ1n) is 9.37. The number of benzene rings is 1. The summed E-state index contributed by atoms with van der Waals surface area (Å²) in [5.74, 6) is 0.898. The zero-order valence-corrected chi connectivity index (χ0v) is 16.7. The highest BCUT2D eigenvalue weighted by molar-refractivity contribution is 6.32. The molecule has 1 aliphatic heterocycles. The van der Waals surface area contributed by atoms with Crippen molar-refractivity contribution in [1.29, 1.82) is 0 Å². The number of amides is 1. The van der Waals surface area contributed by atoms with Gasteiger partial charge >= 0.3 is 0 Å². The molecular weight excluding hydrogens is 380 g/mol. The Morgan fingerprint density at radius 2 is 2.07 bits per heavy atom. The molecule has 1 atom stereocenters. The lowest BCUT2D eigenvalue weighted by Crippen LogP contribution is -2.43. The third-order valence-corrected chi connectivity index (χ3v) is 5.64. The zero-order valence-electron chi connectivity index (χ0n) is 16.0. The first-order valence-corrected chi connectivity index (χ1v) is 9.75. The molecule has 148 valence electrons. The second-order valence-electron chi connectivity index (χ2n) is 7.04. The molecule has 3 aromatic rings. The molecule has 0 saturated carbocycles. The molecule has 1 fully saturated rings. The molecule has 0 aliphatic carbocycles. The summed E-state index contributed by atoms with van der Waals surface area (Å²) in [6.07, 6.45) is 1.65. The average molecular weight is 403 g/mol. The minimum atomic E-state index is -0.243. The van der Waals surface area contributed by atoms with E-state index in [0.717, 1.165) is 35.4 Å². The van der Waals surface area contributed by atoms with Gasteiger partial charge in [0.2, 0.25) is 0 Å². The van der Waals surface area contributed by atoms with E-state index in [-0.39, 0.29) is 11.9 Å². The summed E-state index contributed by atoms with van der Waals surface area (Å²) in [6, 6.07) is 7.45. The van der Waals surface area contributed by atoms with Crippen LogP contribution in [0.2, 0.25) is 5.02 Å². The van der Waals surface area contributed by atoms with Gasteiger partial charge in [0.15, 0.2) is 5.76 Å². The minimum Gasteiger partial charge on any atom is -0.468 e. The number of carbonyl (C=O) groups excluding carboxylic acids is 1. The predicted molar refractivity (Wildman–Crippen MR) is 107 cm³/mol. The Bertz CT molecular complexity index is 974. The Labute approximate surface area is 168 Å². The summed E-state index contributed by atoms with van der Waals surface area (Å²) in [4.78, 5) is 15.1. The lowest BCUT2D eigenvalue weighted by Gasteiger charge is -2.33. The van der Waals surface area contributed by atoms with Crippen LogP contribution in [0.25, 0.3) is 11.0 Å². The smallest absolute Gasteiger partial charge is 0.287 e. The summed E-state index contributed by atoms with van der Waals surface area (Å²) >= 11 is 6.23. The van der Waals surface area contributed by atoms with Gasteiger partial charge in [-0.1, -0.05) is 11.6 Å². The van der Waals surface area contributed by atoms with Gasteiger partial charge in [-0.15, -0.1) is 0 Å². The molecule has 1 unspecified atom stereocenters. The number of rotatable bonds is 5. The van der Waals surface area contributed by atoms with Crippen molar-refractivity contribution in [3.63, 3.8) is 0 Å². The van der Waals surface area contributed by atoms with Crippen molar-refractivity contribution in [2.75, 3.05) is 32.8 Å². The molecule has 1 N–H and O–H groups in total. The molecule has 28 heavy (non-hydrogen) atoms. The predicted octanol–water partition coefficient (Wildman–Crippen LogP) is 4.10.